The van der Waals surface area contributed by atoms with Crippen molar-refractivity contribution in [3.05, 3.63) is 71.8 Å². The van der Waals surface area contributed by atoms with Gasteiger partial charge in [0.05, 0.1) is 6.10 Å². The van der Waals surface area contributed by atoms with Crippen molar-refractivity contribution in [2.24, 2.45) is 0 Å². The summed E-state index contributed by atoms with van der Waals surface area (Å²) in [6.07, 6.45) is -1.69. The standard InChI is InChI=1S/C28H35N3O7/c1-4-28(16-11-17-31(28)27(36)38-19-22-14-9-6-10-15-22)25(34)30(3)24(33)23(20(2)32)29-26(35)37-18-21-12-7-5-8-13-21/h5-10,12-15,20,23,32H,4,11,16-19H2,1-3H3,(H,29,35). The Labute approximate surface area is 222 Å². The number of ether oxygens (including phenoxy) is 2. The van der Waals surface area contributed by atoms with Gasteiger partial charge in [0, 0.05) is 13.6 Å². The molecule has 1 saturated heterocycles. The third-order valence-electron chi connectivity index (χ3n) is 6.77. The van der Waals surface area contributed by atoms with Crippen LogP contribution in [0.4, 0.5) is 9.59 Å². The summed E-state index contributed by atoms with van der Waals surface area (Å²) in [5.41, 5.74) is 0.279. The number of hydrogen-bond donors (Lipinski definition) is 2. The number of imide groups is 1. The molecule has 0 aliphatic carbocycles. The first-order valence-corrected chi connectivity index (χ1v) is 12.6. The number of aliphatic hydroxyl groups is 1. The van der Waals surface area contributed by atoms with Gasteiger partial charge in [0.2, 0.25) is 0 Å². The number of alkyl carbamates (subject to hydrolysis) is 1. The number of carbonyl (C=O) groups excluding carboxylic acids is 4. The highest BCUT2D eigenvalue weighted by Crippen LogP contribution is 2.35. The number of rotatable bonds is 9. The number of benzene rings is 2. The zero-order chi connectivity index (χ0) is 27.7. The molecule has 0 radical (unpaired) electrons. The van der Waals surface area contributed by atoms with E-state index in [1.807, 2.05) is 36.4 Å². The Morgan fingerprint density at radius 3 is 2.08 bits per heavy atom. The molecule has 2 aromatic rings. The predicted molar refractivity (Wildman–Crippen MR) is 139 cm³/mol. The molecule has 3 unspecified atom stereocenters. The van der Waals surface area contributed by atoms with Gasteiger partial charge in [-0.1, -0.05) is 67.6 Å². The van der Waals surface area contributed by atoms with Crippen molar-refractivity contribution in [3.63, 3.8) is 0 Å². The van der Waals surface area contributed by atoms with Crippen molar-refractivity contribution in [2.45, 2.75) is 64.0 Å². The molecule has 38 heavy (non-hydrogen) atoms. The molecule has 1 heterocycles. The summed E-state index contributed by atoms with van der Waals surface area (Å²) in [5, 5.41) is 12.6. The van der Waals surface area contributed by atoms with Crippen molar-refractivity contribution in [1.29, 1.82) is 0 Å². The molecule has 3 rings (SSSR count). The van der Waals surface area contributed by atoms with Crippen molar-refractivity contribution in [3.8, 4) is 0 Å². The van der Waals surface area contributed by atoms with Crippen molar-refractivity contribution in [2.75, 3.05) is 13.6 Å². The summed E-state index contributed by atoms with van der Waals surface area (Å²) < 4.78 is 10.6. The van der Waals surface area contributed by atoms with Gasteiger partial charge in [-0.05, 0) is 37.3 Å². The first-order valence-electron chi connectivity index (χ1n) is 12.6. The highest BCUT2D eigenvalue weighted by molar-refractivity contribution is 6.03. The topological polar surface area (TPSA) is 125 Å². The molecule has 204 valence electrons. The Balaban J connectivity index is 1.67. The number of nitrogens with zero attached hydrogens (tertiary/aromatic N) is 2. The summed E-state index contributed by atoms with van der Waals surface area (Å²) in [6.45, 7) is 3.43. The Bertz CT molecular complexity index is 1110. The Morgan fingerprint density at radius 2 is 1.55 bits per heavy atom. The average molecular weight is 526 g/mol. The summed E-state index contributed by atoms with van der Waals surface area (Å²) in [7, 11) is 1.28. The lowest BCUT2D eigenvalue weighted by Gasteiger charge is -2.38. The Morgan fingerprint density at radius 1 is 1.00 bits per heavy atom. The molecule has 0 spiro atoms. The Hall–Kier alpha value is -3.92. The van der Waals surface area contributed by atoms with Crippen molar-refractivity contribution in [1.82, 2.24) is 15.1 Å². The van der Waals surface area contributed by atoms with Gasteiger partial charge >= 0.3 is 12.2 Å². The second-order valence-corrected chi connectivity index (χ2v) is 9.31. The van der Waals surface area contributed by atoms with E-state index in [-0.39, 0.29) is 19.6 Å². The number of aliphatic hydroxyl groups excluding tert-OH is 1. The molecule has 1 aliphatic heterocycles. The van der Waals surface area contributed by atoms with Crippen molar-refractivity contribution < 1.29 is 33.8 Å². The van der Waals surface area contributed by atoms with Crippen LogP contribution >= 0.6 is 0 Å². The second-order valence-electron chi connectivity index (χ2n) is 9.31. The van der Waals surface area contributed by atoms with E-state index in [2.05, 4.69) is 5.32 Å². The number of hydrogen-bond acceptors (Lipinski definition) is 7. The number of carbonyl (C=O) groups is 4. The molecule has 10 heteroatoms. The first-order chi connectivity index (χ1) is 18.2. The SMILES string of the molecule is CCC1(C(=O)N(C)C(=O)C(NC(=O)OCc2ccccc2)C(C)O)CCCN1C(=O)OCc1ccccc1. The monoisotopic (exact) mass is 525 g/mol. The lowest BCUT2D eigenvalue weighted by molar-refractivity contribution is -0.152. The van der Waals surface area contributed by atoms with Gasteiger partial charge in [-0.2, -0.15) is 0 Å². The lowest BCUT2D eigenvalue weighted by Crippen LogP contribution is -2.62. The smallest absolute Gasteiger partial charge is 0.411 e. The summed E-state index contributed by atoms with van der Waals surface area (Å²) in [5.74, 6) is -1.43. The van der Waals surface area contributed by atoms with Crippen LogP contribution in [-0.2, 0) is 32.3 Å². The van der Waals surface area contributed by atoms with Crippen LogP contribution < -0.4 is 5.32 Å². The molecule has 1 aliphatic rings. The summed E-state index contributed by atoms with van der Waals surface area (Å²) in [4.78, 5) is 54.6. The third-order valence-corrected chi connectivity index (χ3v) is 6.77. The van der Waals surface area contributed by atoms with Crippen LogP contribution in [0.3, 0.4) is 0 Å². The van der Waals surface area contributed by atoms with Crippen LogP contribution in [0.1, 0.15) is 44.2 Å². The zero-order valence-electron chi connectivity index (χ0n) is 22.0. The number of amides is 4. The van der Waals surface area contributed by atoms with E-state index in [0.717, 1.165) is 16.0 Å². The van der Waals surface area contributed by atoms with Crippen LogP contribution in [0.2, 0.25) is 0 Å². The zero-order valence-corrected chi connectivity index (χ0v) is 22.0. The average Bonchev–Trinajstić information content (AvgIpc) is 3.38. The quantitative estimate of drug-likeness (QED) is 0.515. The molecular weight excluding hydrogens is 490 g/mol. The fraction of sp³-hybridized carbons (Fsp3) is 0.429. The maximum Gasteiger partial charge on any atom is 0.411 e. The van der Waals surface area contributed by atoms with Crippen LogP contribution in [0.25, 0.3) is 0 Å². The van der Waals surface area contributed by atoms with E-state index in [1.165, 1.54) is 18.9 Å². The van der Waals surface area contributed by atoms with Gasteiger partial charge in [-0.15, -0.1) is 0 Å². The summed E-state index contributed by atoms with van der Waals surface area (Å²) >= 11 is 0. The third kappa shape index (κ3) is 6.69. The van der Waals surface area contributed by atoms with E-state index in [0.29, 0.717) is 19.4 Å². The van der Waals surface area contributed by atoms with Gasteiger partial charge in [0.1, 0.15) is 24.8 Å². The lowest BCUT2D eigenvalue weighted by atomic mass is 9.90. The molecule has 4 amide bonds. The van der Waals surface area contributed by atoms with Gasteiger partial charge < -0.3 is 19.9 Å². The van der Waals surface area contributed by atoms with E-state index < -0.39 is 41.7 Å². The molecule has 10 nitrogen and oxygen atoms in total. The molecule has 0 aromatic heterocycles. The number of likely N-dealkylation sites (tertiary alicyclic amines) is 1. The van der Waals surface area contributed by atoms with E-state index >= 15 is 0 Å². The number of nitrogens with one attached hydrogen (secondary N) is 1. The highest BCUT2D eigenvalue weighted by atomic mass is 16.6. The minimum atomic E-state index is -1.43. The van der Waals surface area contributed by atoms with Crippen molar-refractivity contribution >= 4 is 24.0 Å². The minimum Gasteiger partial charge on any atom is -0.445 e. The van der Waals surface area contributed by atoms with Crippen LogP contribution in [0, 0.1) is 0 Å². The fourth-order valence-electron chi connectivity index (χ4n) is 4.58. The van der Waals surface area contributed by atoms with Crippen LogP contribution in [-0.4, -0.2) is 70.2 Å². The first kappa shape index (κ1) is 28.6. The summed E-state index contributed by atoms with van der Waals surface area (Å²) in [6, 6.07) is 16.7. The molecule has 1 fully saturated rings. The molecule has 2 aromatic carbocycles. The highest BCUT2D eigenvalue weighted by Gasteiger charge is 2.52. The number of likely N-dealkylation sites (N-methyl/N-ethyl adjacent to an activating group) is 1. The van der Waals surface area contributed by atoms with Gasteiger partial charge in [-0.3, -0.25) is 19.4 Å². The Kier molecular flexibility index (Phi) is 9.84. The molecular formula is C28H35N3O7. The normalized spacial score (nSPS) is 18.3. The van der Waals surface area contributed by atoms with Crippen LogP contribution in [0.15, 0.2) is 60.7 Å². The molecule has 2 N–H and O–H groups in total. The molecule has 3 atom stereocenters. The van der Waals surface area contributed by atoms with E-state index in [1.54, 1.807) is 31.2 Å². The molecule has 0 bridgehead atoms. The second kappa shape index (κ2) is 13.0. The fourth-order valence-corrected chi connectivity index (χ4v) is 4.58. The maximum absolute atomic E-state index is 13.7. The van der Waals surface area contributed by atoms with E-state index in [9.17, 15) is 24.3 Å². The van der Waals surface area contributed by atoms with Gasteiger partial charge in [0.25, 0.3) is 11.8 Å². The van der Waals surface area contributed by atoms with E-state index in [4.69, 9.17) is 9.47 Å². The minimum absolute atomic E-state index is 0.0266. The molecule has 0 saturated carbocycles. The maximum atomic E-state index is 13.7. The van der Waals surface area contributed by atoms with Gasteiger partial charge in [-0.25, -0.2) is 9.59 Å². The van der Waals surface area contributed by atoms with Gasteiger partial charge in [0.15, 0.2) is 0 Å². The van der Waals surface area contributed by atoms with Crippen LogP contribution in [0.5, 0.6) is 0 Å². The largest absolute Gasteiger partial charge is 0.445 e. The predicted octanol–water partition coefficient (Wildman–Crippen LogP) is 3.23.